The summed E-state index contributed by atoms with van der Waals surface area (Å²) < 4.78 is 0. The fourth-order valence-electron chi connectivity index (χ4n) is 3.09. The van der Waals surface area contributed by atoms with Crippen molar-refractivity contribution in [3.05, 3.63) is 54.5 Å². The number of carbonyl (C=O) groups excluding carboxylic acids is 1. The van der Waals surface area contributed by atoms with Crippen molar-refractivity contribution in [1.82, 2.24) is 30.1 Å². The highest BCUT2D eigenvalue weighted by atomic mass is 16.2. The van der Waals surface area contributed by atoms with Crippen molar-refractivity contribution in [2.75, 3.05) is 50.1 Å². The van der Waals surface area contributed by atoms with Crippen molar-refractivity contribution >= 4 is 17.4 Å². The van der Waals surface area contributed by atoms with Gasteiger partial charge in [-0.1, -0.05) is 18.2 Å². The molecule has 0 radical (unpaired) electrons. The number of carbonyl (C=O) groups is 1. The number of hydrogen-bond acceptors (Lipinski definition) is 7. The highest BCUT2D eigenvalue weighted by molar-refractivity contribution is 5.92. The molecule has 0 N–H and O–H groups in total. The summed E-state index contributed by atoms with van der Waals surface area (Å²) in [6.07, 6.45) is 3.26. The van der Waals surface area contributed by atoms with Crippen LogP contribution < -0.4 is 9.80 Å². The van der Waals surface area contributed by atoms with Crippen molar-refractivity contribution in [3.8, 4) is 5.69 Å². The van der Waals surface area contributed by atoms with E-state index >= 15 is 0 Å². The Morgan fingerprint density at radius 1 is 1.04 bits per heavy atom. The standard InChI is InChI=1S/C19H22N8O/c1-24(2)16-12-18(22-20-13-16)25-8-10-26(11-9-25)19(28)17-14-21-27(23-17)15-6-4-3-5-7-15/h3-7,12-14H,8-11H2,1-2H3. The summed E-state index contributed by atoms with van der Waals surface area (Å²) in [6.45, 7) is 2.60. The quantitative estimate of drug-likeness (QED) is 0.672. The van der Waals surface area contributed by atoms with Crippen LogP contribution in [0.1, 0.15) is 10.5 Å². The van der Waals surface area contributed by atoms with Crippen molar-refractivity contribution < 1.29 is 4.79 Å². The minimum absolute atomic E-state index is 0.102. The largest absolute Gasteiger partial charge is 0.376 e. The smallest absolute Gasteiger partial charge is 0.276 e. The van der Waals surface area contributed by atoms with E-state index in [1.54, 1.807) is 11.1 Å². The third kappa shape index (κ3) is 3.64. The number of amides is 1. The molecule has 1 aromatic carbocycles. The summed E-state index contributed by atoms with van der Waals surface area (Å²) in [4.78, 5) is 20.2. The van der Waals surface area contributed by atoms with Crippen molar-refractivity contribution in [2.24, 2.45) is 0 Å². The minimum atomic E-state index is -0.102. The molecule has 9 nitrogen and oxygen atoms in total. The summed E-state index contributed by atoms with van der Waals surface area (Å²) in [5, 5.41) is 16.9. The average molecular weight is 378 g/mol. The van der Waals surface area contributed by atoms with Crippen LogP contribution in [0.15, 0.2) is 48.8 Å². The molecule has 1 aliphatic rings. The average Bonchev–Trinajstić information content (AvgIpc) is 3.24. The Morgan fingerprint density at radius 3 is 2.50 bits per heavy atom. The topological polar surface area (TPSA) is 83.3 Å². The molecule has 0 unspecified atom stereocenters. The molecule has 2 aromatic heterocycles. The van der Waals surface area contributed by atoms with E-state index < -0.39 is 0 Å². The van der Waals surface area contributed by atoms with Crippen molar-refractivity contribution in [1.29, 1.82) is 0 Å². The molecular weight excluding hydrogens is 356 g/mol. The molecule has 1 saturated heterocycles. The number of anilines is 2. The Morgan fingerprint density at radius 2 is 1.79 bits per heavy atom. The fourth-order valence-corrected chi connectivity index (χ4v) is 3.09. The zero-order valence-electron chi connectivity index (χ0n) is 15.9. The highest BCUT2D eigenvalue weighted by Crippen LogP contribution is 2.19. The van der Waals surface area contributed by atoms with Gasteiger partial charge in [0.25, 0.3) is 5.91 Å². The van der Waals surface area contributed by atoms with E-state index in [0.717, 1.165) is 17.2 Å². The molecule has 1 fully saturated rings. The van der Waals surface area contributed by atoms with Gasteiger partial charge in [-0.15, -0.1) is 10.2 Å². The third-order valence-electron chi connectivity index (χ3n) is 4.73. The van der Waals surface area contributed by atoms with Crippen LogP contribution in [0.2, 0.25) is 0 Å². The van der Waals surface area contributed by atoms with Crippen LogP contribution >= 0.6 is 0 Å². The van der Waals surface area contributed by atoms with Gasteiger partial charge in [-0.05, 0) is 12.1 Å². The van der Waals surface area contributed by atoms with Crippen LogP contribution in [0.5, 0.6) is 0 Å². The van der Waals surface area contributed by atoms with E-state index in [1.165, 1.54) is 11.0 Å². The first-order chi connectivity index (χ1) is 13.6. The molecule has 0 spiro atoms. The van der Waals surface area contributed by atoms with Gasteiger partial charge in [0, 0.05) is 46.3 Å². The second-order valence-corrected chi connectivity index (χ2v) is 6.80. The molecule has 3 heterocycles. The molecule has 0 saturated carbocycles. The predicted octanol–water partition coefficient (Wildman–Crippen LogP) is 1.09. The lowest BCUT2D eigenvalue weighted by Crippen LogP contribution is -2.49. The van der Waals surface area contributed by atoms with Crippen LogP contribution in [-0.2, 0) is 0 Å². The third-order valence-corrected chi connectivity index (χ3v) is 4.73. The second kappa shape index (κ2) is 7.63. The minimum Gasteiger partial charge on any atom is -0.376 e. The van der Waals surface area contributed by atoms with Crippen LogP contribution in [-0.4, -0.2) is 76.3 Å². The molecule has 4 rings (SSSR count). The molecule has 0 atom stereocenters. The van der Waals surface area contributed by atoms with Crippen LogP contribution in [0.3, 0.4) is 0 Å². The van der Waals surface area contributed by atoms with Gasteiger partial charge >= 0.3 is 0 Å². The van der Waals surface area contributed by atoms with Crippen LogP contribution in [0, 0.1) is 0 Å². The maximum absolute atomic E-state index is 12.8. The van der Waals surface area contributed by atoms with Crippen LogP contribution in [0.4, 0.5) is 11.5 Å². The van der Waals surface area contributed by atoms with Gasteiger partial charge in [0.15, 0.2) is 11.5 Å². The van der Waals surface area contributed by atoms with Crippen LogP contribution in [0.25, 0.3) is 5.69 Å². The summed E-state index contributed by atoms with van der Waals surface area (Å²) in [7, 11) is 3.94. The Kier molecular flexibility index (Phi) is 4.88. The van der Waals surface area contributed by atoms with Gasteiger partial charge in [0.2, 0.25) is 0 Å². The van der Waals surface area contributed by atoms with E-state index in [1.807, 2.05) is 55.4 Å². The van der Waals surface area contributed by atoms with E-state index in [2.05, 4.69) is 25.3 Å². The molecular formula is C19H22N8O. The van der Waals surface area contributed by atoms with Gasteiger partial charge in [-0.25, -0.2) is 0 Å². The summed E-state index contributed by atoms with van der Waals surface area (Å²) in [5.74, 6) is 0.725. The lowest BCUT2D eigenvalue weighted by Gasteiger charge is -2.35. The lowest BCUT2D eigenvalue weighted by atomic mass is 10.2. The summed E-state index contributed by atoms with van der Waals surface area (Å²) in [6, 6.07) is 11.6. The van der Waals surface area contributed by atoms with Gasteiger partial charge < -0.3 is 14.7 Å². The van der Waals surface area contributed by atoms with Gasteiger partial charge in [0.05, 0.1) is 23.8 Å². The zero-order valence-corrected chi connectivity index (χ0v) is 15.9. The Labute approximate surface area is 163 Å². The van der Waals surface area contributed by atoms with Crippen molar-refractivity contribution in [3.63, 3.8) is 0 Å². The first-order valence-corrected chi connectivity index (χ1v) is 9.14. The fraction of sp³-hybridized carbons (Fsp3) is 0.316. The van der Waals surface area contributed by atoms with Crippen molar-refractivity contribution in [2.45, 2.75) is 0 Å². The van der Waals surface area contributed by atoms with Gasteiger partial charge in [0.1, 0.15) is 0 Å². The Bertz CT molecular complexity index is 947. The molecule has 0 bridgehead atoms. The van der Waals surface area contributed by atoms with E-state index in [-0.39, 0.29) is 5.91 Å². The summed E-state index contributed by atoms with van der Waals surface area (Å²) >= 11 is 0. The normalized spacial score (nSPS) is 14.2. The molecule has 9 heteroatoms. The summed E-state index contributed by atoms with van der Waals surface area (Å²) in [5.41, 5.74) is 2.18. The monoisotopic (exact) mass is 378 g/mol. The Balaban J connectivity index is 1.41. The van der Waals surface area contributed by atoms with Gasteiger partial charge in [-0.3, -0.25) is 4.79 Å². The molecule has 1 amide bonds. The molecule has 1 aliphatic heterocycles. The van der Waals surface area contributed by atoms with E-state index in [9.17, 15) is 4.79 Å². The van der Waals surface area contributed by atoms with E-state index in [0.29, 0.717) is 31.9 Å². The first-order valence-electron chi connectivity index (χ1n) is 9.14. The highest BCUT2D eigenvalue weighted by Gasteiger charge is 2.25. The molecule has 0 aliphatic carbocycles. The number of rotatable bonds is 4. The molecule has 3 aromatic rings. The predicted molar refractivity (Wildman–Crippen MR) is 106 cm³/mol. The first kappa shape index (κ1) is 17.9. The lowest BCUT2D eigenvalue weighted by molar-refractivity contribution is 0.0740. The number of aromatic nitrogens is 5. The number of hydrogen-bond donors (Lipinski definition) is 0. The Hall–Kier alpha value is -3.49. The number of benzene rings is 1. The SMILES string of the molecule is CN(C)c1cnnc(N2CCN(C(=O)c3cnn(-c4ccccc4)n3)CC2)c1. The number of nitrogens with zero attached hydrogens (tertiary/aromatic N) is 8. The second-order valence-electron chi connectivity index (χ2n) is 6.80. The molecule has 28 heavy (non-hydrogen) atoms. The molecule has 144 valence electrons. The maximum atomic E-state index is 12.8. The number of para-hydroxylation sites is 1. The van der Waals surface area contributed by atoms with Gasteiger partial charge in [-0.2, -0.15) is 15.0 Å². The van der Waals surface area contributed by atoms with E-state index in [4.69, 9.17) is 0 Å². The maximum Gasteiger partial charge on any atom is 0.276 e. The number of piperazine rings is 1. The zero-order chi connectivity index (χ0) is 19.5.